The van der Waals surface area contributed by atoms with Crippen LogP contribution in [0.15, 0.2) is 18.2 Å². The molecule has 2 amide bonds. The molecule has 0 bridgehead atoms. The van der Waals surface area contributed by atoms with Crippen LogP contribution in [0.5, 0.6) is 0 Å². The van der Waals surface area contributed by atoms with E-state index in [4.69, 9.17) is 0 Å². The SMILES string of the molecule is CC(=O)N1CCN([C@H]2CCC[C@@H](NC(=O)c3cc4c(F)ccc(C)c4[nH]3)C2)C[C@@H]1C. The number of fused-ring (bicyclic) bond motifs is 1. The first-order chi connectivity index (χ1) is 14.3. The Labute approximate surface area is 176 Å². The Morgan fingerprint density at radius 2 is 2.03 bits per heavy atom. The minimum Gasteiger partial charge on any atom is -0.350 e. The molecule has 3 atom stereocenters. The molecule has 162 valence electrons. The van der Waals surface area contributed by atoms with Crippen LogP contribution in [0.25, 0.3) is 10.9 Å². The van der Waals surface area contributed by atoms with E-state index in [0.717, 1.165) is 50.9 Å². The third-order valence-corrected chi connectivity index (χ3v) is 6.76. The highest BCUT2D eigenvalue weighted by atomic mass is 19.1. The summed E-state index contributed by atoms with van der Waals surface area (Å²) in [7, 11) is 0. The third kappa shape index (κ3) is 4.08. The van der Waals surface area contributed by atoms with Crippen molar-refractivity contribution >= 4 is 22.7 Å². The lowest BCUT2D eigenvalue weighted by Gasteiger charge is -2.45. The van der Waals surface area contributed by atoms with Crippen LogP contribution < -0.4 is 5.32 Å². The number of carbonyl (C=O) groups is 2. The smallest absolute Gasteiger partial charge is 0.267 e. The lowest BCUT2D eigenvalue weighted by atomic mass is 9.89. The summed E-state index contributed by atoms with van der Waals surface area (Å²) in [6.07, 6.45) is 4.05. The number of hydrogen-bond acceptors (Lipinski definition) is 3. The number of aromatic nitrogens is 1. The Hall–Kier alpha value is -2.41. The fourth-order valence-electron chi connectivity index (χ4n) is 5.12. The maximum absolute atomic E-state index is 14.1. The summed E-state index contributed by atoms with van der Waals surface area (Å²) in [5.41, 5.74) is 2.00. The van der Waals surface area contributed by atoms with Crippen molar-refractivity contribution in [3.63, 3.8) is 0 Å². The molecule has 1 aromatic carbocycles. The molecule has 1 aliphatic carbocycles. The molecule has 1 saturated heterocycles. The van der Waals surface area contributed by atoms with Gasteiger partial charge in [0.15, 0.2) is 0 Å². The quantitative estimate of drug-likeness (QED) is 0.810. The summed E-state index contributed by atoms with van der Waals surface area (Å²) in [5.74, 6) is -0.353. The molecule has 7 heteroatoms. The molecular weight excluding hydrogens is 383 g/mol. The second-order valence-electron chi connectivity index (χ2n) is 8.88. The van der Waals surface area contributed by atoms with Crippen molar-refractivity contribution in [1.29, 1.82) is 0 Å². The number of rotatable bonds is 3. The van der Waals surface area contributed by atoms with Gasteiger partial charge in [-0.05, 0) is 57.2 Å². The van der Waals surface area contributed by atoms with Gasteiger partial charge in [-0.25, -0.2) is 4.39 Å². The van der Waals surface area contributed by atoms with Gasteiger partial charge in [-0.3, -0.25) is 14.5 Å². The number of aryl methyl sites for hydroxylation is 1. The average Bonchev–Trinajstić information content (AvgIpc) is 3.18. The predicted molar refractivity (Wildman–Crippen MR) is 115 cm³/mol. The largest absolute Gasteiger partial charge is 0.350 e. The highest BCUT2D eigenvalue weighted by Crippen LogP contribution is 2.27. The van der Waals surface area contributed by atoms with Crippen LogP contribution in [0.1, 0.15) is 55.6 Å². The highest BCUT2D eigenvalue weighted by Gasteiger charge is 2.33. The van der Waals surface area contributed by atoms with Crippen molar-refractivity contribution in [2.75, 3.05) is 19.6 Å². The van der Waals surface area contributed by atoms with Gasteiger partial charge in [0, 0.05) is 50.1 Å². The fourth-order valence-corrected chi connectivity index (χ4v) is 5.12. The number of amides is 2. The standard InChI is InChI=1S/C23H31FN4O2/c1-14-7-8-20(24)19-12-21(26-22(14)19)23(30)25-17-5-4-6-18(11-17)27-9-10-28(16(3)29)15(2)13-27/h7-8,12,15,17-18,26H,4-6,9-11,13H2,1-3H3,(H,25,30)/t15-,17+,18-/m0/s1. The Kier molecular flexibility index (Phi) is 5.82. The number of piperazine rings is 1. The lowest BCUT2D eigenvalue weighted by molar-refractivity contribution is -0.133. The van der Waals surface area contributed by atoms with E-state index in [1.807, 2.05) is 11.8 Å². The molecule has 1 aromatic heterocycles. The van der Waals surface area contributed by atoms with Gasteiger partial charge in [0.25, 0.3) is 5.91 Å². The Morgan fingerprint density at radius 1 is 1.23 bits per heavy atom. The topological polar surface area (TPSA) is 68.4 Å². The summed E-state index contributed by atoms with van der Waals surface area (Å²) in [4.78, 5) is 32.1. The van der Waals surface area contributed by atoms with Crippen LogP contribution in [0, 0.1) is 12.7 Å². The van der Waals surface area contributed by atoms with Gasteiger partial charge < -0.3 is 15.2 Å². The molecule has 2 heterocycles. The Bertz CT molecular complexity index is 917. The first-order valence-corrected chi connectivity index (χ1v) is 10.9. The minimum atomic E-state index is -0.317. The van der Waals surface area contributed by atoms with Crippen molar-refractivity contribution in [3.8, 4) is 0 Å². The normalized spacial score (nSPS) is 25.5. The van der Waals surface area contributed by atoms with Gasteiger partial charge in [-0.2, -0.15) is 0 Å². The van der Waals surface area contributed by atoms with Crippen LogP contribution in [-0.4, -0.2) is 64.4 Å². The monoisotopic (exact) mass is 414 g/mol. The number of hydrogen-bond donors (Lipinski definition) is 2. The number of benzene rings is 1. The van der Waals surface area contributed by atoms with Gasteiger partial charge in [-0.1, -0.05) is 6.07 Å². The van der Waals surface area contributed by atoms with Crippen molar-refractivity contribution in [2.45, 2.75) is 64.6 Å². The van der Waals surface area contributed by atoms with E-state index >= 15 is 0 Å². The van der Waals surface area contributed by atoms with Crippen LogP contribution in [0.2, 0.25) is 0 Å². The van der Waals surface area contributed by atoms with Gasteiger partial charge in [0.05, 0.1) is 5.52 Å². The molecule has 30 heavy (non-hydrogen) atoms. The van der Waals surface area contributed by atoms with Crippen LogP contribution in [-0.2, 0) is 4.79 Å². The second-order valence-corrected chi connectivity index (χ2v) is 8.88. The van der Waals surface area contributed by atoms with Crippen LogP contribution in [0.4, 0.5) is 4.39 Å². The van der Waals surface area contributed by atoms with E-state index in [9.17, 15) is 14.0 Å². The summed E-state index contributed by atoms with van der Waals surface area (Å²) in [5, 5.41) is 3.62. The van der Waals surface area contributed by atoms with E-state index in [0.29, 0.717) is 22.6 Å². The van der Waals surface area contributed by atoms with Gasteiger partial charge in [0.2, 0.25) is 5.91 Å². The molecule has 4 rings (SSSR count). The second kappa shape index (κ2) is 8.38. The molecule has 1 saturated carbocycles. The maximum atomic E-state index is 14.1. The van der Waals surface area contributed by atoms with Gasteiger partial charge in [-0.15, -0.1) is 0 Å². The van der Waals surface area contributed by atoms with Crippen molar-refractivity contribution in [2.24, 2.45) is 0 Å². The summed E-state index contributed by atoms with van der Waals surface area (Å²) in [6.45, 7) is 8.17. The van der Waals surface area contributed by atoms with Crippen LogP contribution >= 0.6 is 0 Å². The summed E-state index contributed by atoms with van der Waals surface area (Å²) in [6, 6.07) is 5.50. The zero-order chi connectivity index (χ0) is 21.4. The molecule has 2 fully saturated rings. The maximum Gasteiger partial charge on any atom is 0.267 e. The van der Waals surface area contributed by atoms with E-state index < -0.39 is 0 Å². The van der Waals surface area contributed by atoms with Crippen LogP contribution in [0.3, 0.4) is 0 Å². The molecular formula is C23H31FN4O2. The van der Waals surface area contributed by atoms with E-state index in [-0.39, 0.29) is 29.7 Å². The predicted octanol–water partition coefficient (Wildman–Crippen LogP) is 3.21. The molecule has 1 aliphatic heterocycles. The molecule has 0 spiro atoms. The minimum absolute atomic E-state index is 0.106. The molecule has 2 N–H and O–H groups in total. The average molecular weight is 415 g/mol. The number of H-pyrrole nitrogens is 1. The van der Waals surface area contributed by atoms with Gasteiger partial charge >= 0.3 is 0 Å². The summed E-state index contributed by atoms with van der Waals surface area (Å²) >= 11 is 0. The fraction of sp³-hybridized carbons (Fsp3) is 0.565. The van der Waals surface area contributed by atoms with Crippen molar-refractivity contribution in [1.82, 2.24) is 20.1 Å². The number of nitrogens with one attached hydrogen (secondary N) is 2. The first-order valence-electron chi connectivity index (χ1n) is 10.9. The number of aromatic amines is 1. The first kappa shape index (κ1) is 20.8. The van der Waals surface area contributed by atoms with E-state index in [1.165, 1.54) is 6.07 Å². The molecule has 6 nitrogen and oxygen atoms in total. The van der Waals surface area contributed by atoms with E-state index in [2.05, 4.69) is 22.1 Å². The third-order valence-electron chi connectivity index (χ3n) is 6.76. The van der Waals surface area contributed by atoms with Crippen molar-refractivity contribution in [3.05, 3.63) is 35.3 Å². The number of carbonyl (C=O) groups excluding carboxylic acids is 2. The van der Waals surface area contributed by atoms with E-state index in [1.54, 1.807) is 19.1 Å². The highest BCUT2D eigenvalue weighted by molar-refractivity contribution is 5.99. The Balaban J connectivity index is 1.40. The zero-order valence-electron chi connectivity index (χ0n) is 18.0. The summed E-state index contributed by atoms with van der Waals surface area (Å²) < 4.78 is 14.1. The molecule has 0 unspecified atom stereocenters. The molecule has 0 radical (unpaired) electrons. The Morgan fingerprint density at radius 3 is 2.73 bits per heavy atom. The lowest BCUT2D eigenvalue weighted by Crippen LogP contribution is -2.57. The number of halogens is 1. The number of nitrogens with zero attached hydrogens (tertiary/aromatic N) is 2. The molecule has 2 aromatic rings. The van der Waals surface area contributed by atoms with Crippen molar-refractivity contribution < 1.29 is 14.0 Å². The van der Waals surface area contributed by atoms with Gasteiger partial charge in [0.1, 0.15) is 11.5 Å². The molecule has 2 aliphatic rings. The zero-order valence-corrected chi connectivity index (χ0v) is 18.0.